The average molecular weight is 402 g/mol. The second-order valence-corrected chi connectivity index (χ2v) is 7.48. The highest BCUT2D eigenvalue weighted by Crippen LogP contribution is 2.33. The number of nitrogens with zero attached hydrogens (tertiary/aromatic N) is 3. The van der Waals surface area contributed by atoms with Crippen molar-refractivity contribution in [3.63, 3.8) is 0 Å². The van der Waals surface area contributed by atoms with Gasteiger partial charge < -0.3 is 9.64 Å². The molecule has 1 saturated heterocycles. The van der Waals surface area contributed by atoms with Gasteiger partial charge in [-0.25, -0.2) is 0 Å². The lowest BCUT2D eigenvalue weighted by Gasteiger charge is -2.24. The third-order valence-corrected chi connectivity index (χ3v) is 5.37. The Morgan fingerprint density at radius 2 is 1.97 bits per heavy atom. The maximum atomic E-state index is 12.9. The topological polar surface area (TPSA) is 47.4 Å². The van der Waals surface area contributed by atoms with E-state index in [-0.39, 0.29) is 11.9 Å². The number of rotatable bonds is 7. The van der Waals surface area contributed by atoms with Gasteiger partial charge in [0.25, 0.3) is 0 Å². The number of carbonyl (C=O) groups is 1. The number of hydrogen-bond donors (Lipinski definition) is 0. The first-order chi connectivity index (χ1) is 14.7. The summed E-state index contributed by atoms with van der Waals surface area (Å²) in [6.07, 6.45) is 9.28. The molecule has 1 aliphatic rings. The van der Waals surface area contributed by atoms with Crippen LogP contribution >= 0.6 is 0 Å². The Morgan fingerprint density at radius 3 is 2.73 bits per heavy atom. The van der Waals surface area contributed by atoms with Crippen molar-refractivity contribution in [3.05, 3.63) is 89.8 Å². The second-order valence-electron chi connectivity index (χ2n) is 7.48. The van der Waals surface area contributed by atoms with E-state index in [0.29, 0.717) is 13.2 Å². The first-order valence-electron chi connectivity index (χ1n) is 10.5. The Balaban J connectivity index is 1.39. The molecule has 0 spiro atoms. The molecule has 1 amide bonds. The van der Waals surface area contributed by atoms with Crippen molar-refractivity contribution in [1.82, 2.24) is 14.7 Å². The van der Waals surface area contributed by atoms with E-state index in [4.69, 9.17) is 4.74 Å². The molecule has 30 heavy (non-hydrogen) atoms. The smallest absolute Gasteiger partial charge is 0.247 e. The molecule has 0 radical (unpaired) electrons. The van der Waals surface area contributed by atoms with E-state index in [0.717, 1.165) is 36.3 Å². The Bertz CT molecular complexity index is 993. The maximum absolute atomic E-state index is 12.9. The molecule has 1 aromatic heterocycles. The van der Waals surface area contributed by atoms with Gasteiger partial charge in [-0.1, -0.05) is 42.5 Å². The molecule has 5 heteroatoms. The minimum Gasteiger partial charge on any atom is -0.494 e. The lowest BCUT2D eigenvalue weighted by atomic mass is 10.0. The molecule has 0 bridgehead atoms. The quantitative estimate of drug-likeness (QED) is 0.539. The van der Waals surface area contributed by atoms with Crippen molar-refractivity contribution in [3.8, 4) is 5.75 Å². The molecule has 154 valence electrons. The van der Waals surface area contributed by atoms with E-state index in [9.17, 15) is 4.79 Å². The van der Waals surface area contributed by atoms with Crippen LogP contribution in [-0.4, -0.2) is 33.7 Å². The molecule has 0 aliphatic carbocycles. The molecule has 3 aromatic rings. The average Bonchev–Trinajstić information content (AvgIpc) is 3.43. The summed E-state index contributed by atoms with van der Waals surface area (Å²) >= 11 is 0. The largest absolute Gasteiger partial charge is 0.494 e. The van der Waals surface area contributed by atoms with Crippen molar-refractivity contribution < 1.29 is 9.53 Å². The molecule has 1 aliphatic heterocycles. The zero-order valence-electron chi connectivity index (χ0n) is 17.3. The van der Waals surface area contributed by atoms with Crippen LogP contribution in [0.1, 0.15) is 42.5 Å². The third kappa shape index (κ3) is 4.79. The van der Waals surface area contributed by atoms with Gasteiger partial charge in [0.1, 0.15) is 5.75 Å². The predicted octanol–water partition coefficient (Wildman–Crippen LogP) is 4.71. The van der Waals surface area contributed by atoms with Crippen LogP contribution in [0, 0.1) is 0 Å². The van der Waals surface area contributed by atoms with Gasteiger partial charge >= 0.3 is 0 Å². The first-order valence-corrected chi connectivity index (χ1v) is 10.5. The summed E-state index contributed by atoms with van der Waals surface area (Å²) in [5.74, 6) is 0.909. The van der Waals surface area contributed by atoms with Crippen molar-refractivity contribution in [1.29, 1.82) is 0 Å². The maximum Gasteiger partial charge on any atom is 0.247 e. The molecule has 0 saturated carbocycles. The van der Waals surface area contributed by atoms with Gasteiger partial charge in [-0.05, 0) is 49.1 Å². The number of hydrogen-bond acceptors (Lipinski definition) is 3. The molecular formula is C25H27N3O2. The summed E-state index contributed by atoms with van der Waals surface area (Å²) in [5, 5.41) is 4.40. The van der Waals surface area contributed by atoms with Crippen LogP contribution in [-0.2, 0) is 11.3 Å². The van der Waals surface area contributed by atoms with Crippen molar-refractivity contribution in [2.75, 3.05) is 13.2 Å². The van der Waals surface area contributed by atoms with E-state index in [1.807, 2.05) is 59.1 Å². The second kappa shape index (κ2) is 9.44. The Hall–Kier alpha value is -3.34. The standard InChI is InChI=1S/C25H27N3O2/c1-2-30-23-13-11-22(12-14-23)24-9-6-16-28(24)25(29)15-10-21-17-26-27(19-21)18-20-7-4-3-5-8-20/h3-5,7-8,10-15,17,19,24H,2,6,9,16,18H2,1H3/b15-10+/t24-/m1/s1. The lowest BCUT2D eigenvalue weighted by Crippen LogP contribution is -2.28. The van der Waals surface area contributed by atoms with Crippen LogP contribution in [0.25, 0.3) is 6.08 Å². The molecule has 0 N–H and O–H groups in total. The summed E-state index contributed by atoms with van der Waals surface area (Å²) in [6, 6.07) is 18.4. The third-order valence-electron chi connectivity index (χ3n) is 5.37. The fourth-order valence-corrected chi connectivity index (χ4v) is 3.92. The predicted molar refractivity (Wildman–Crippen MR) is 118 cm³/mol. The summed E-state index contributed by atoms with van der Waals surface area (Å²) in [6.45, 7) is 4.13. The van der Waals surface area contributed by atoms with Crippen LogP contribution in [0.5, 0.6) is 5.75 Å². The minimum atomic E-state index is 0.0437. The summed E-state index contributed by atoms with van der Waals surface area (Å²) in [4.78, 5) is 14.8. The fourth-order valence-electron chi connectivity index (χ4n) is 3.92. The molecule has 2 aromatic carbocycles. The Labute approximate surface area is 177 Å². The zero-order valence-corrected chi connectivity index (χ0v) is 17.3. The van der Waals surface area contributed by atoms with E-state index in [2.05, 4.69) is 29.4 Å². The van der Waals surface area contributed by atoms with E-state index in [1.165, 1.54) is 5.56 Å². The molecule has 5 nitrogen and oxygen atoms in total. The van der Waals surface area contributed by atoms with Gasteiger partial charge in [-0.3, -0.25) is 9.48 Å². The number of amides is 1. The molecule has 2 heterocycles. The molecular weight excluding hydrogens is 374 g/mol. The summed E-state index contributed by atoms with van der Waals surface area (Å²) in [5.41, 5.74) is 3.28. The highest BCUT2D eigenvalue weighted by atomic mass is 16.5. The Morgan fingerprint density at radius 1 is 1.17 bits per heavy atom. The monoisotopic (exact) mass is 401 g/mol. The molecule has 0 unspecified atom stereocenters. The first kappa shape index (κ1) is 20.0. The van der Waals surface area contributed by atoms with E-state index < -0.39 is 0 Å². The normalized spacial score (nSPS) is 16.3. The van der Waals surface area contributed by atoms with Crippen molar-refractivity contribution >= 4 is 12.0 Å². The van der Waals surface area contributed by atoms with Crippen LogP contribution in [0.3, 0.4) is 0 Å². The van der Waals surface area contributed by atoms with Gasteiger partial charge in [0.2, 0.25) is 5.91 Å². The molecule has 4 rings (SSSR count). The SMILES string of the molecule is CCOc1ccc([C@H]2CCCN2C(=O)/C=C/c2cnn(Cc3ccccc3)c2)cc1. The van der Waals surface area contributed by atoms with Crippen LogP contribution < -0.4 is 4.74 Å². The number of likely N-dealkylation sites (tertiary alicyclic amines) is 1. The van der Waals surface area contributed by atoms with Gasteiger partial charge in [-0.15, -0.1) is 0 Å². The van der Waals surface area contributed by atoms with Crippen molar-refractivity contribution in [2.24, 2.45) is 0 Å². The van der Waals surface area contributed by atoms with Gasteiger partial charge in [0, 0.05) is 24.4 Å². The summed E-state index contributed by atoms with van der Waals surface area (Å²) in [7, 11) is 0. The fraction of sp³-hybridized carbons (Fsp3) is 0.280. The zero-order chi connectivity index (χ0) is 20.8. The number of benzene rings is 2. The lowest BCUT2D eigenvalue weighted by molar-refractivity contribution is -0.126. The van der Waals surface area contributed by atoms with Crippen LogP contribution in [0.4, 0.5) is 0 Å². The van der Waals surface area contributed by atoms with E-state index in [1.54, 1.807) is 12.3 Å². The van der Waals surface area contributed by atoms with Gasteiger partial charge in [-0.2, -0.15) is 5.10 Å². The van der Waals surface area contributed by atoms with Crippen molar-refractivity contribution in [2.45, 2.75) is 32.4 Å². The Kier molecular flexibility index (Phi) is 6.28. The van der Waals surface area contributed by atoms with E-state index >= 15 is 0 Å². The van der Waals surface area contributed by atoms with Crippen LogP contribution in [0.15, 0.2) is 73.1 Å². The molecule has 1 atom stereocenters. The van der Waals surface area contributed by atoms with Gasteiger partial charge in [0.05, 0.1) is 25.4 Å². The van der Waals surface area contributed by atoms with Crippen LogP contribution in [0.2, 0.25) is 0 Å². The number of aromatic nitrogens is 2. The number of ether oxygens (including phenoxy) is 1. The molecule has 1 fully saturated rings. The minimum absolute atomic E-state index is 0.0437. The number of carbonyl (C=O) groups excluding carboxylic acids is 1. The highest BCUT2D eigenvalue weighted by Gasteiger charge is 2.28. The highest BCUT2D eigenvalue weighted by molar-refractivity contribution is 5.92. The summed E-state index contributed by atoms with van der Waals surface area (Å²) < 4.78 is 7.41. The van der Waals surface area contributed by atoms with Gasteiger partial charge in [0.15, 0.2) is 0 Å².